The van der Waals surface area contributed by atoms with Crippen molar-refractivity contribution in [2.45, 2.75) is 53.1 Å². The van der Waals surface area contributed by atoms with Gasteiger partial charge in [-0.2, -0.15) is 9.59 Å². The van der Waals surface area contributed by atoms with Crippen LogP contribution >= 0.6 is 11.6 Å². The van der Waals surface area contributed by atoms with Crippen molar-refractivity contribution in [3.63, 3.8) is 0 Å². The lowest BCUT2D eigenvalue weighted by atomic mass is 9.89. The van der Waals surface area contributed by atoms with Gasteiger partial charge in [0.15, 0.2) is 0 Å². The zero-order chi connectivity index (χ0) is 19.4. The van der Waals surface area contributed by atoms with Gasteiger partial charge in [-0.3, -0.25) is 0 Å². The maximum Gasteiger partial charge on any atom is 0.373 e. The zero-order valence-corrected chi connectivity index (χ0v) is 16.5. The van der Waals surface area contributed by atoms with Gasteiger partial charge < -0.3 is 4.74 Å². The van der Waals surface area contributed by atoms with Gasteiger partial charge in [-0.1, -0.05) is 75.2 Å². The molecule has 0 amide bonds. The first kappa shape index (κ1) is 22.0. The Morgan fingerprint density at radius 2 is 1.65 bits per heavy atom. The van der Waals surface area contributed by atoms with Crippen LogP contribution < -0.4 is 4.74 Å². The summed E-state index contributed by atoms with van der Waals surface area (Å²) < 4.78 is 5.81. The molecule has 2 aromatic carbocycles. The van der Waals surface area contributed by atoms with Crippen LogP contribution in [0.5, 0.6) is 5.75 Å². The number of hydrogen-bond donors (Lipinski definition) is 0. The fourth-order valence-electron chi connectivity index (χ4n) is 2.53. The number of benzene rings is 2. The minimum atomic E-state index is 0.250. The number of hydrogen-bond acceptors (Lipinski definition) is 3. The van der Waals surface area contributed by atoms with E-state index in [4.69, 9.17) is 25.9 Å². The van der Waals surface area contributed by atoms with Gasteiger partial charge in [-0.15, -0.1) is 0 Å². The Morgan fingerprint density at radius 1 is 1.00 bits per heavy atom. The molecule has 2 rings (SSSR count). The van der Waals surface area contributed by atoms with Gasteiger partial charge in [0, 0.05) is 5.02 Å². The normalized spacial score (nSPS) is 10.5. The quantitative estimate of drug-likeness (QED) is 0.550. The van der Waals surface area contributed by atoms with Crippen LogP contribution in [0.2, 0.25) is 5.02 Å². The predicted octanol–water partition coefficient (Wildman–Crippen LogP) is 6.09. The van der Waals surface area contributed by atoms with E-state index < -0.39 is 0 Å². The second-order valence-electron chi connectivity index (χ2n) is 7.38. The van der Waals surface area contributed by atoms with E-state index in [-0.39, 0.29) is 6.15 Å². The molecule has 0 radical (unpaired) electrons. The first-order valence-corrected chi connectivity index (χ1v) is 9.18. The topological polar surface area (TPSA) is 43.4 Å². The van der Waals surface area contributed by atoms with Gasteiger partial charge in [-0.25, -0.2) is 0 Å². The van der Waals surface area contributed by atoms with E-state index in [1.807, 2.05) is 30.3 Å². The molecule has 0 spiro atoms. The summed E-state index contributed by atoms with van der Waals surface area (Å²) in [4.78, 5) is 16.2. The van der Waals surface area contributed by atoms with E-state index >= 15 is 0 Å². The van der Waals surface area contributed by atoms with E-state index in [0.717, 1.165) is 22.8 Å². The van der Waals surface area contributed by atoms with Gasteiger partial charge in [0.2, 0.25) is 0 Å². The molecule has 0 unspecified atom stereocenters. The summed E-state index contributed by atoms with van der Waals surface area (Å²) in [5.74, 6) is 0.831. The number of unbranched alkanes of at least 4 members (excludes halogenated alkanes) is 1. The average molecular weight is 375 g/mol. The van der Waals surface area contributed by atoms with E-state index in [1.54, 1.807) is 0 Å². The van der Waals surface area contributed by atoms with Crippen LogP contribution in [0.1, 0.15) is 51.2 Å². The number of aryl methyl sites for hydroxylation is 1. The molecule has 0 bridgehead atoms. The van der Waals surface area contributed by atoms with Crippen LogP contribution in [-0.4, -0.2) is 6.15 Å². The summed E-state index contributed by atoms with van der Waals surface area (Å²) in [6, 6.07) is 16.2. The summed E-state index contributed by atoms with van der Waals surface area (Å²) >= 11 is 6.40. The highest BCUT2D eigenvalue weighted by molar-refractivity contribution is 6.31. The van der Waals surface area contributed by atoms with E-state index in [1.165, 1.54) is 24.8 Å². The van der Waals surface area contributed by atoms with Crippen LogP contribution in [0.15, 0.2) is 48.5 Å². The third kappa shape index (κ3) is 9.41. The molecule has 0 heterocycles. The highest BCUT2D eigenvalue weighted by atomic mass is 35.5. The van der Waals surface area contributed by atoms with Crippen molar-refractivity contribution in [3.8, 4) is 5.75 Å². The van der Waals surface area contributed by atoms with Gasteiger partial charge in [-0.05, 0) is 47.9 Å². The number of halogens is 1. The summed E-state index contributed by atoms with van der Waals surface area (Å²) in [5, 5.41) is 0.811. The average Bonchev–Trinajstić information content (AvgIpc) is 2.59. The SMILES string of the molecule is CC(C)(C)CCCCc1ccc(OCc2ccccc2)cc1Cl.O=C=O. The molecular formula is C22H27ClO3. The molecule has 140 valence electrons. The minimum Gasteiger partial charge on any atom is -0.489 e. The Hall–Kier alpha value is -2.09. The van der Waals surface area contributed by atoms with Crippen LogP contribution in [0.3, 0.4) is 0 Å². The lowest BCUT2D eigenvalue weighted by Crippen LogP contribution is -2.04. The van der Waals surface area contributed by atoms with Crippen LogP contribution in [-0.2, 0) is 22.6 Å². The molecule has 0 aliphatic heterocycles. The highest BCUT2D eigenvalue weighted by Crippen LogP contribution is 2.26. The van der Waals surface area contributed by atoms with Crippen molar-refractivity contribution in [1.82, 2.24) is 0 Å². The van der Waals surface area contributed by atoms with Gasteiger partial charge in [0.05, 0.1) is 0 Å². The van der Waals surface area contributed by atoms with Crippen molar-refractivity contribution in [2.75, 3.05) is 0 Å². The lowest BCUT2D eigenvalue weighted by Gasteiger charge is -2.17. The number of carbonyl (C=O) groups excluding carboxylic acids is 2. The van der Waals surface area contributed by atoms with Crippen molar-refractivity contribution >= 4 is 17.8 Å². The van der Waals surface area contributed by atoms with Gasteiger partial charge >= 0.3 is 6.15 Å². The molecule has 4 heteroatoms. The largest absolute Gasteiger partial charge is 0.489 e. The summed E-state index contributed by atoms with van der Waals surface area (Å²) in [5.41, 5.74) is 2.79. The molecule has 3 nitrogen and oxygen atoms in total. The second kappa shape index (κ2) is 11.5. The Balaban J connectivity index is 0.00000105. The third-order valence-electron chi connectivity index (χ3n) is 3.90. The van der Waals surface area contributed by atoms with Gasteiger partial charge in [0.1, 0.15) is 12.4 Å². The Labute approximate surface area is 161 Å². The Kier molecular flexibility index (Phi) is 9.72. The third-order valence-corrected chi connectivity index (χ3v) is 4.25. The maximum atomic E-state index is 8.12. The molecule has 0 aliphatic carbocycles. The lowest BCUT2D eigenvalue weighted by molar-refractivity contribution is -0.191. The predicted molar refractivity (Wildman–Crippen MR) is 104 cm³/mol. The van der Waals surface area contributed by atoms with Gasteiger partial charge in [0.25, 0.3) is 0 Å². The smallest absolute Gasteiger partial charge is 0.373 e. The standard InChI is InChI=1S/C21H27ClO.CO2/c1-21(2,3)14-8-7-11-18-12-13-19(15-20(18)22)23-16-17-9-5-4-6-10-17;2-1-3/h4-6,9-10,12-13,15H,7-8,11,14,16H2,1-3H3;. The number of ether oxygens (including phenoxy) is 1. The van der Waals surface area contributed by atoms with Crippen LogP contribution in [0.4, 0.5) is 0 Å². The first-order valence-electron chi connectivity index (χ1n) is 8.80. The highest BCUT2D eigenvalue weighted by Gasteiger charge is 2.09. The fraction of sp³-hybridized carbons (Fsp3) is 0.409. The van der Waals surface area contributed by atoms with Crippen molar-refractivity contribution in [2.24, 2.45) is 5.41 Å². The molecule has 0 saturated carbocycles. The van der Waals surface area contributed by atoms with Crippen LogP contribution in [0.25, 0.3) is 0 Å². The van der Waals surface area contributed by atoms with E-state index in [0.29, 0.717) is 12.0 Å². The van der Waals surface area contributed by atoms with E-state index in [9.17, 15) is 0 Å². The summed E-state index contributed by atoms with van der Waals surface area (Å²) in [6.45, 7) is 7.44. The molecule has 0 aromatic heterocycles. The second-order valence-corrected chi connectivity index (χ2v) is 7.79. The molecule has 26 heavy (non-hydrogen) atoms. The zero-order valence-electron chi connectivity index (χ0n) is 15.8. The molecule has 0 atom stereocenters. The number of rotatable bonds is 7. The molecule has 0 saturated heterocycles. The Bertz CT molecular complexity index is 684. The Morgan fingerprint density at radius 3 is 2.23 bits per heavy atom. The molecule has 0 fully saturated rings. The van der Waals surface area contributed by atoms with Crippen molar-refractivity contribution in [1.29, 1.82) is 0 Å². The first-order chi connectivity index (χ1) is 12.4. The molecule has 0 aliphatic rings. The molecular weight excluding hydrogens is 348 g/mol. The maximum absolute atomic E-state index is 8.12. The fourth-order valence-corrected chi connectivity index (χ4v) is 2.80. The molecule has 0 N–H and O–H groups in total. The summed E-state index contributed by atoms with van der Waals surface area (Å²) in [6.07, 6.45) is 4.96. The molecule has 2 aromatic rings. The monoisotopic (exact) mass is 374 g/mol. The van der Waals surface area contributed by atoms with E-state index in [2.05, 4.69) is 39.0 Å². The van der Waals surface area contributed by atoms with Crippen LogP contribution in [0, 0.1) is 5.41 Å². The van der Waals surface area contributed by atoms with Crippen molar-refractivity contribution in [3.05, 3.63) is 64.7 Å². The van der Waals surface area contributed by atoms with Crippen molar-refractivity contribution < 1.29 is 14.3 Å². The summed E-state index contributed by atoms with van der Waals surface area (Å²) in [7, 11) is 0. The minimum absolute atomic E-state index is 0.250.